The number of nitriles is 1. The van der Waals surface area contributed by atoms with E-state index >= 15 is 0 Å². The summed E-state index contributed by atoms with van der Waals surface area (Å²) < 4.78 is 0. The van der Waals surface area contributed by atoms with Crippen molar-refractivity contribution in [2.75, 3.05) is 5.01 Å². The predicted molar refractivity (Wildman–Crippen MR) is 62.9 cm³/mol. The van der Waals surface area contributed by atoms with E-state index in [-0.39, 0.29) is 0 Å². The SMILES string of the molecule is C/C(N)=C(\C)N(N)c1cc(C)c(C#N)cn1. The fourth-order valence-electron chi connectivity index (χ4n) is 1.15. The van der Waals surface area contributed by atoms with Crippen molar-refractivity contribution < 1.29 is 0 Å². The zero-order chi connectivity index (χ0) is 12.3. The summed E-state index contributed by atoms with van der Waals surface area (Å²) in [5.74, 6) is 6.42. The molecule has 0 atom stereocenters. The van der Waals surface area contributed by atoms with Crippen LogP contribution in [0.5, 0.6) is 0 Å². The summed E-state index contributed by atoms with van der Waals surface area (Å²) in [4.78, 5) is 4.10. The maximum atomic E-state index is 8.78. The molecule has 1 aromatic heterocycles. The van der Waals surface area contributed by atoms with E-state index in [4.69, 9.17) is 16.8 Å². The van der Waals surface area contributed by atoms with Crippen LogP contribution in [0.4, 0.5) is 5.82 Å². The van der Waals surface area contributed by atoms with E-state index < -0.39 is 0 Å². The van der Waals surface area contributed by atoms with Crippen molar-refractivity contribution >= 4 is 5.82 Å². The van der Waals surface area contributed by atoms with E-state index in [1.807, 2.05) is 13.8 Å². The molecule has 0 aromatic carbocycles. The van der Waals surface area contributed by atoms with Crippen LogP contribution in [0.3, 0.4) is 0 Å². The monoisotopic (exact) mass is 217 g/mol. The highest BCUT2D eigenvalue weighted by Gasteiger charge is 2.08. The number of hydrazine groups is 1. The van der Waals surface area contributed by atoms with Crippen LogP contribution in [-0.2, 0) is 0 Å². The smallest absolute Gasteiger partial charge is 0.147 e. The molecule has 5 heteroatoms. The Balaban J connectivity index is 3.13. The van der Waals surface area contributed by atoms with Gasteiger partial charge in [0.2, 0.25) is 0 Å². The number of nitrogens with zero attached hydrogens (tertiary/aromatic N) is 3. The van der Waals surface area contributed by atoms with Gasteiger partial charge >= 0.3 is 0 Å². The van der Waals surface area contributed by atoms with Crippen LogP contribution < -0.4 is 16.6 Å². The maximum absolute atomic E-state index is 8.78. The summed E-state index contributed by atoms with van der Waals surface area (Å²) in [6.07, 6.45) is 1.50. The van der Waals surface area contributed by atoms with Crippen LogP contribution in [-0.4, -0.2) is 4.98 Å². The van der Waals surface area contributed by atoms with Gasteiger partial charge in [-0.15, -0.1) is 0 Å². The third-order valence-corrected chi connectivity index (χ3v) is 2.40. The lowest BCUT2D eigenvalue weighted by Crippen LogP contribution is -2.31. The normalized spacial score (nSPS) is 11.7. The van der Waals surface area contributed by atoms with Crippen LogP contribution in [0.25, 0.3) is 0 Å². The van der Waals surface area contributed by atoms with E-state index in [0.717, 1.165) is 11.3 Å². The van der Waals surface area contributed by atoms with Crippen molar-refractivity contribution in [2.45, 2.75) is 20.8 Å². The summed E-state index contributed by atoms with van der Waals surface area (Å²) in [5.41, 5.74) is 8.39. The Hall–Kier alpha value is -2.06. The fraction of sp³-hybridized carbons (Fsp3) is 0.273. The molecule has 0 bridgehead atoms. The third kappa shape index (κ3) is 2.30. The van der Waals surface area contributed by atoms with Gasteiger partial charge in [0.15, 0.2) is 0 Å². The molecule has 0 aliphatic carbocycles. The molecular weight excluding hydrogens is 202 g/mol. The summed E-state index contributed by atoms with van der Waals surface area (Å²) >= 11 is 0. The van der Waals surface area contributed by atoms with Crippen molar-refractivity contribution in [3.05, 3.63) is 34.8 Å². The second-order valence-electron chi connectivity index (χ2n) is 3.61. The first-order chi connectivity index (χ1) is 7.47. The molecule has 0 fully saturated rings. The van der Waals surface area contributed by atoms with E-state index in [9.17, 15) is 0 Å². The van der Waals surface area contributed by atoms with Gasteiger partial charge in [-0.1, -0.05) is 0 Å². The highest BCUT2D eigenvalue weighted by molar-refractivity contribution is 5.49. The van der Waals surface area contributed by atoms with Crippen molar-refractivity contribution in [3.8, 4) is 6.07 Å². The summed E-state index contributed by atoms with van der Waals surface area (Å²) in [6.45, 7) is 5.42. The summed E-state index contributed by atoms with van der Waals surface area (Å²) in [7, 11) is 0. The molecule has 84 valence electrons. The van der Waals surface area contributed by atoms with E-state index in [1.54, 1.807) is 13.0 Å². The number of nitrogens with two attached hydrogens (primary N) is 2. The molecule has 5 nitrogen and oxygen atoms in total. The lowest BCUT2D eigenvalue weighted by molar-refractivity contribution is 0.930. The first-order valence-corrected chi connectivity index (χ1v) is 4.82. The molecule has 1 aromatic rings. The van der Waals surface area contributed by atoms with Crippen molar-refractivity contribution in [2.24, 2.45) is 11.6 Å². The highest BCUT2D eigenvalue weighted by atomic mass is 15.4. The molecule has 0 saturated heterocycles. The minimum absolute atomic E-state index is 0.545. The molecule has 1 rings (SSSR count). The molecular formula is C11H15N5. The van der Waals surface area contributed by atoms with Gasteiger partial charge in [0.05, 0.1) is 11.3 Å². The largest absolute Gasteiger partial charge is 0.401 e. The Morgan fingerprint density at radius 2 is 2.12 bits per heavy atom. The van der Waals surface area contributed by atoms with Gasteiger partial charge in [0, 0.05) is 11.9 Å². The molecule has 4 N–H and O–H groups in total. The second-order valence-corrected chi connectivity index (χ2v) is 3.61. The Labute approximate surface area is 95.0 Å². The quantitative estimate of drug-likeness (QED) is 0.572. The van der Waals surface area contributed by atoms with Crippen molar-refractivity contribution in [1.82, 2.24) is 4.98 Å². The lowest BCUT2D eigenvalue weighted by atomic mass is 10.2. The van der Waals surface area contributed by atoms with Crippen molar-refractivity contribution in [3.63, 3.8) is 0 Å². The Bertz CT molecular complexity index is 466. The first kappa shape index (κ1) is 12.0. The van der Waals surface area contributed by atoms with E-state index in [0.29, 0.717) is 17.1 Å². The van der Waals surface area contributed by atoms with Gasteiger partial charge in [-0.2, -0.15) is 5.26 Å². The van der Waals surface area contributed by atoms with Gasteiger partial charge < -0.3 is 5.73 Å². The van der Waals surface area contributed by atoms with Crippen LogP contribution in [0.1, 0.15) is 25.0 Å². The lowest BCUT2D eigenvalue weighted by Gasteiger charge is -2.19. The highest BCUT2D eigenvalue weighted by Crippen LogP contribution is 2.16. The van der Waals surface area contributed by atoms with Crippen LogP contribution in [0, 0.1) is 18.3 Å². The van der Waals surface area contributed by atoms with Crippen molar-refractivity contribution in [1.29, 1.82) is 5.26 Å². The number of rotatable bonds is 2. The number of aromatic nitrogens is 1. The average molecular weight is 217 g/mol. The Morgan fingerprint density at radius 3 is 2.56 bits per heavy atom. The average Bonchev–Trinajstić information content (AvgIpc) is 2.26. The van der Waals surface area contributed by atoms with E-state index in [2.05, 4.69) is 11.1 Å². The molecule has 0 aliphatic heterocycles. The summed E-state index contributed by atoms with van der Waals surface area (Å²) in [5, 5.41) is 10.2. The van der Waals surface area contributed by atoms with Crippen LogP contribution >= 0.6 is 0 Å². The van der Waals surface area contributed by atoms with Crippen LogP contribution in [0.2, 0.25) is 0 Å². The Kier molecular flexibility index (Phi) is 3.48. The topological polar surface area (TPSA) is 92.0 Å². The number of aryl methyl sites for hydroxylation is 1. The Morgan fingerprint density at radius 1 is 1.50 bits per heavy atom. The molecule has 0 saturated carbocycles. The zero-order valence-corrected chi connectivity index (χ0v) is 9.65. The molecule has 1 heterocycles. The van der Waals surface area contributed by atoms with E-state index in [1.165, 1.54) is 11.2 Å². The number of allylic oxidation sites excluding steroid dienone is 2. The number of pyridine rings is 1. The number of hydrogen-bond acceptors (Lipinski definition) is 5. The van der Waals surface area contributed by atoms with Crippen LogP contribution in [0.15, 0.2) is 23.7 Å². The van der Waals surface area contributed by atoms with Gasteiger partial charge in [0.25, 0.3) is 0 Å². The number of anilines is 1. The van der Waals surface area contributed by atoms with Gasteiger partial charge in [-0.3, -0.25) is 5.01 Å². The molecule has 0 amide bonds. The zero-order valence-electron chi connectivity index (χ0n) is 9.65. The molecule has 0 unspecified atom stereocenters. The standard InChI is InChI=1S/C11H15N5/c1-7-4-11(15-6-10(7)5-12)16(14)9(3)8(2)13/h4,6H,13-14H2,1-3H3/b9-8-. The maximum Gasteiger partial charge on any atom is 0.147 e. The summed E-state index contributed by atoms with van der Waals surface area (Å²) in [6, 6.07) is 3.81. The molecule has 0 spiro atoms. The predicted octanol–water partition coefficient (Wildman–Crippen LogP) is 1.15. The minimum atomic E-state index is 0.545. The first-order valence-electron chi connectivity index (χ1n) is 4.82. The second kappa shape index (κ2) is 4.64. The fourth-order valence-corrected chi connectivity index (χ4v) is 1.15. The molecule has 0 aliphatic rings. The molecule has 16 heavy (non-hydrogen) atoms. The van der Waals surface area contributed by atoms with Gasteiger partial charge in [-0.25, -0.2) is 10.8 Å². The van der Waals surface area contributed by atoms with Gasteiger partial charge in [-0.05, 0) is 32.4 Å². The van der Waals surface area contributed by atoms with Gasteiger partial charge in [0.1, 0.15) is 11.9 Å². The minimum Gasteiger partial charge on any atom is -0.401 e. The molecule has 0 radical (unpaired) electrons. The third-order valence-electron chi connectivity index (χ3n) is 2.40. The number of hydrogen-bond donors (Lipinski definition) is 2.